The van der Waals surface area contributed by atoms with Gasteiger partial charge >= 0.3 is 0 Å². The zero-order chi connectivity index (χ0) is 20.6. The molecule has 2 unspecified atom stereocenters. The van der Waals surface area contributed by atoms with Gasteiger partial charge in [0.25, 0.3) is 0 Å². The SMILES string of the molecule is CC(C)C(=O)N1CCC(NS(=O)(=O)C2CC2)C1Cc1csc(-c2ccccc2)n1. The molecule has 0 bridgehead atoms. The smallest absolute Gasteiger partial charge is 0.225 e. The van der Waals surface area contributed by atoms with Crippen LogP contribution in [-0.4, -0.2) is 48.1 Å². The maximum absolute atomic E-state index is 12.8. The van der Waals surface area contributed by atoms with Gasteiger partial charge in [-0.3, -0.25) is 4.79 Å². The summed E-state index contributed by atoms with van der Waals surface area (Å²) in [7, 11) is -3.31. The minimum Gasteiger partial charge on any atom is -0.337 e. The third-order valence-electron chi connectivity index (χ3n) is 5.59. The fraction of sp³-hybridized carbons (Fsp3) is 0.524. The van der Waals surface area contributed by atoms with Crippen molar-refractivity contribution in [3.63, 3.8) is 0 Å². The lowest BCUT2D eigenvalue weighted by Crippen LogP contribution is -2.49. The van der Waals surface area contributed by atoms with Crippen LogP contribution >= 0.6 is 11.3 Å². The Bertz CT molecular complexity index is 968. The van der Waals surface area contributed by atoms with E-state index in [0.717, 1.165) is 29.1 Å². The van der Waals surface area contributed by atoms with E-state index in [1.807, 2.05) is 54.5 Å². The lowest BCUT2D eigenvalue weighted by molar-refractivity contribution is -0.135. The Morgan fingerprint density at radius 2 is 1.97 bits per heavy atom. The van der Waals surface area contributed by atoms with E-state index in [1.165, 1.54) is 0 Å². The summed E-state index contributed by atoms with van der Waals surface area (Å²) in [5.41, 5.74) is 1.97. The summed E-state index contributed by atoms with van der Waals surface area (Å²) in [5.74, 6) is -0.0479. The summed E-state index contributed by atoms with van der Waals surface area (Å²) in [6.07, 6.45) is 2.66. The monoisotopic (exact) mass is 433 g/mol. The average molecular weight is 434 g/mol. The lowest BCUT2D eigenvalue weighted by atomic mass is 10.0. The molecule has 1 saturated carbocycles. The number of sulfonamides is 1. The van der Waals surface area contributed by atoms with E-state index in [0.29, 0.717) is 19.4 Å². The van der Waals surface area contributed by atoms with Gasteiger partial charge in [-0.15, -0.1) is 11.3 Å². The zero-order valence-electron chi connectivity index (χ0n) is 16.7. The first-order chi connectivity index (χ1) is 13.8. The van der Waals surface area contributed by atoms with Gasteiger partial charge in [0.2, 0.25) is 15.9 Å². The molecule has 1 saturated heterocycles. The van der Waals surface area contributed by atoms with Gasteiger partial charge in [0, 0.05) is 35.9 Å². The summed E-state index contributed by atoms with van der Waals surface area (Å²) >= 11 is 1.58. The predicted molar refractivity (Wildman–Crippen MR) is 115 cm³/mol. The van der Waals surface area contributed by atoms with Crippen LogP contribution in [0.1, 0.15) is 38.8 Å². The van der Waals surface area contributed by atoms with Crippen LogP contribution in [-0.2, 0) is 21.2 Å². The van der Waals surface area contributed by atoms with Crippen LogP contribution in [0.25, 0.3) is 10.6 Å². The summed E-state index contributed by atoms with van der Waals surface area (Å²) in [6, 6.07) is 9.54. The van der Waals surface area contributed by atoms with Crippen molar-refractivity contribution in [1.82, 2.24) is 14.6 Å². The standard InChI is InChI=1S/C21H27N3O3S2/c1-14(2)21(25)24-11-10-18(23-29(26,27)17-8-9-17)19(24)12-16-13-28-20(22-16)15-6-4-3-5-7-15/h3-7,13-14,17-19,23H,8-12H2,1-2H3. The van der Waals surface area contributed by atoms with Crippen molar-refractivity contribution in [3.8, 4) is 10.6 Å². The first kappa shape index (κ1) is 20.5. The number of benzene rings is 1. The number of carbonyl (C=O) groups is 1. The van der Waals surface area contributed by atoms with E-state index >= 15 is 0 Å². The number of nitrogens with zero attached hydrogens (tertiary/aromatic N) is 2. The Morgan fingerprint density at radius 3 is 2.62 bits per heavy atom. The number of thiazole rings is 1. The Balaban J connectivity index is 1.55. The molecule has 1 aliphatic heterocycles. The molecule has 2 aromatic rings. The lowest BCUT2D eigenvalue weighted by Gasteiger charge is -2.29. The normalized spacial score (nSPS) is 22.4. The van der Waals surface area contributed by atoms with Crippen molar-refractivity contribution in [2.45, 2.75) is 56.9 Å². The molecule has 6 nitrogen and oxygen atoms in total. The molecule has 1 aliphatic carbocycles. The van der Waals surface area contributed by atoms with E-state index in [1.54, 1.807) is 11.3 Å². The summed E-state index contributed by atoms with van der Waals surface area (Å²) in [6.45, 7) is 4.35. The molecule has 2 fully saturated rings. The van der Waals surface area contributed by atoms with Crippen LogP contribution in [0.5, 0.6) is 0 Å². The van der Waals surface area contributed by atoms with Crippen molar-refractivity contribution in [2.24, 2.45) is 5.92 Å². The van der Waals surface area contributed by atoms with Gasteiger partial charge in [-0.25, -0.2) is 18.1 Å². The Kier molecular flexibility index (Phi) is 5.77. The average Bonchev–Trinajstić information content (AvgIpc) is 3.37. The molecule has 2 aliphatic rings. The number of amides is 1. The molecule has 156 valence electrons. The number of nitrogens with one attached hydrogen (secondary N) is 1. The molecule has 2 atom stereocenters. The number of hydrogen-bond donors (Lipinski definition) is 1. The molecule has 0 radical (unpaired) electrons. The van der Waals surface area contributed by atoms with Gasteiger partial charge in [-0.2, -0.15) is 0 Å². The van der Waals surface area contributed by atoms with E-state index in [2.05, 4.69) is 4.72 Å². The fourth-order valence-corrected chi connectivity index (χ4v) is 6.35. The van der Waals surface area contributed by atoms with Crippen LogP contribution in [0.3, 0.4) is 0 Å². The Labute approximate surface area is 176 Å². The molecule has 8 heteroatoms. The van der Waals surface area contributed by atoms with E-state index in [-0.39, 0.29) is 29.2 Å². The second-order valence-corrected chi connectivity index (χ2v) is 11.1. The van der Waals surface area contributed by atoms with Crippen molar-refractivity contribution in [3.05, 3.63) is 41.4 Å². The van der Waals surface area contributed by atoms with Crippen LogP contribution in [0.15, 0.2) is 35.7 Å². The molecule has 1 aromatic carbocycles. The van der Waals surface area contributed by atoms with Gasteiger partial charge in [-0.05, 0) is 19.3 Å². The van der Waals surface area contributed by atoms with Gasteiger partial charge in [0.05, 0.1) is 17.0 Å². The molecule has 1 amide bonds. The second-order valence-electron chi connectivity index (χ2n) is 8.23. The van der Waals surface area contributed by atoms with Gasteiger partial charge in [-0.1, -0.05) is 44.2 Å². The Hall–Kier alpha value is -1.77. The second kappa shape index (κ2) is 8.16. The van der Waals surface area contributed by atoms with E-state index in [9.17, 15) is 13.2 Å². The van der Waals surface area contributed by atoms with E-state index < -0.39 is 10.0 Å². The van der Waals surface area contributed by atoms with Crippen molar-refractivity contribution in [2.75, 3.05) is 6.54 Å². The quantitative estimate of drug-likeness (QED) is 0.728. The topological polar surface area (TPSA) is 79.4 Å². The summed E-state index contributed by atoms with van der Waals surface area (Å²) < 4.78 is 27.9. The van der Waals surface area contributed by atoms with Crippen LogP contribution in [0.4, 0.5) is 0 Å². The van der Waals surface area contributed by atoms with Gasteiger partial charge in [0.1, 0.15) is 5.01 Å². The highest BCUT2D eigenvalue weighted by atomic mass is 32.2. The first-order valence-corrected chi connectivity index (χ1v) is 12.6. The maximum atomic E-state index is 12.8. The van der Waals surface area contributed by atoms with E-state index in [4.69, 9.17) is 4.98 Å². The molecule has 0 spiro atoms. The van der Waals surface area contributed by atoms with Crippen LogP contribution in [0, 0.1) is 5.92 Å². The minimum atomic E-state index is -3.31. The van der Waals surface area contributed by atoms with Gasteiger partial charge in [0.15, 0.2) is 0 Å². The predicted octanol–water partition coefficient (Wildman–Crippen LogP) is 3.06. The van der Waals surface area contributed by atoms with Crippen molar-refractivity contribution in [1.29, 1.82) is 0 Å². The summed E-state index contributed by atoms with van der Waals surface area (Å²) in [4.78, 5) is 19.4. The number of carbonyl (C=O) groups excluding carboxylic acids is 1. The molecular formula is C21H27N3O3S2. The Morgan fingerprint density at radius 1 is 1.24 bits per heavy atom. The number of hydrogen-bond acceptors (Lipinski definition) is 5. The number of aromatic nitrogens is 1. The highest BCUT2D eigenvalue weighted by molar-refractivity contribution is 7.90. The third-order valence-corrected chi connectivity index (χ3v) is 8.51. The van der Waals surface area contributed by atoms with Gasteiger partial charge < -0.3 is 4.90 Å². The molecule has 1 aromatic heterocycles. The minimum absolute atomic E-state index is 0.0710. The summed E-state index contributed by atoms with van der Waals surface area (Å²) in [5, 5.41) is 2.70. The number of likely N-dealkylation sites (tertiary alicyclic amines) is 1. The first-order valence-electron chi connectivity index (χ1n) is 10.2. The molecule has 29 heavy (non-hydrogen) atoms. The molecule has 4 rings (SSSR count). The third kappa shape index (κ3) is 4.54. The fourth-order valence-electron chi connectivity index (χ4n) is 3.86. The highest BCUT2D eigenvalue weighted by Crippen LogP contribution is 2.31. The van der Waals surface area contributed by atoms with Crippen LogP contribution < -0.4 is 4.72 Å². The number of rotatable bonds is 7. The zero-order valence-corrected chi connectivity index (χ0v) is 18.4. The highest BCUT2D eigenvalue weighted by Gasteiger charge is 2.43. The van der Waals surface area contributed by atoms with Crippen molar-refractivity contribution < 1.29 is 13.2 Å². The largest absolute Gasteiger partial charge is 0.337 e. The van der Waals surface area contributed by atoms with Crippen molar-refractivity contribution >= 4 is 27.3 Å². The van der Waals surface area contributed by atoms with Crippen LogP contribution in [0.2, 0.25) is 0 Å². The molecular weight excluding hydrogens is 406 g/mol. The molecule has 1 N–H and O–H groups in total. The molecule has 2 heterocycles. The maximum Gasteiger partial charge on any atom is 0.225 e.